The number of hydrogen-bond donors (Lipinski definition) is 1. The smallest absolute Gasteiger partial charge is 0.270 e. The van der Waals surface area contributed by atoms with Gasteiger partial charge in [0.15, 0.2) is 0 Å². The van der Waals surface area contributed by atoms with Crippen molar-refractivity contribution in [1.82, 2.24) is 10.3 Å². The van der Waals surface area contributed by atoms with Crippen LogP contribution >= 0.6 is 11.3 Å². The third kappa shape index (κ3) is 3.59. The van der Waals surface area contributed by atoms with Gasteiger partial charge in [-0.05, 0) is 17.8 Å². The number of carbonyl (C=O) groups is 1. The number of amides is 1. The summed E-state index contributed by atoms with van der Waals surface area (Å²) in [6.45, 7) is 9.50. The normalized spacial score (nSPS) is 11.4. The molecule has 1 heterocycles. The van der Waals surface area contributed by atoms with Crippen LogP contribution in [0.1, 0.15) is 38.2 Å². The molecule has 90 valence electrons. The fourth-order valence-corrected chi connectivity index (χ4v) is 2.40. The zero-order valence-electron chi connectivity index (χ0n) is 10.4. The fraction of sp³-hybridized carbons (Fsp3) is 0.667. The molecule has 1 rings (SSSR count). The first kappa shape index (κ1) is 13.2. The van der Waals surface area contributed by atoms with E-state index in [1.165, 1.54) is 11.3 Å². The molecule has 0 radical (unpaired) electrons. The summed E-state index contributed by atoms with van der Waals surface area (Å²) in [7, 11) is 0. The Bertz CT molecular complexity index is 312. The minimum atomic E-state index is -0.0625. The van der Waals surface area contributed by atoms with Crippen LogP contribution in [0.3, 0.4) is 0 Å². The maximum Gasteiger partial charge on any atom is 0.270 e. The first-order chi connectivity index (χ1) is 7.52. The van der Waals surface area contributed by atoms with Gasteiger partial charge >= 0.3 is 0 Å². The van der Waals surface area contributed by atoms with Gasteiger partial charge in [0.05, 0.1) is 5.51 Å². The Morgan fingerprint density at radius 3 is 2.44 bits per heavy atom. The van der Waals surface area contributed by atoms with Crippen LogP contribution in [0.15, 0.2) is 10.9 Å². The number of hydrogen-bond acceptors (Lipinski definition) is 3. The molecule has 0 aromatic carbocycles. The van der Waals surface area contributed by atoms with E-state index >= 15 is 0 Å². The average Bonchev–Trinajstić information content (AvgIpc) is 2.69. The van der Waals surface area contributed by atoms with Crippen molar-refractivity contribution in [3.63, 3.8) is 0 Å². The van der Waals surface area contributed by atoms with E-state index in [0.29, 0.717) is 23.4 Å². The van der Waals surface area contributed by atoms with Crippen molar-refractivity contribution in [3.05, 3.63) is 16.6 Å². The second kappa shape index (κ2) is 5.99. The second-order valence-corrected chi connectivity index (χ2v) is 5.45. The standard InChI is InChI=1S/C12H20N2OS/c1-8(2)10(9(3)4)5-13-12(15)11-6-16-7-14-11/h6-10H,5H2,1-4H3,(H,13,15). The summed E-state index contributed by atoms with van der Waals surface area (Å²) in [6, 6.07) is 0. The number of aromatic nitrogens is 1. The van der Waals surface area contributed by atoms with Crippen LogP contribution in [0.2, 0.25) is 0 Å². The molecule has 0 atom stereocenters. The molecule has 1 amide bonds. The molecule has 0 spiro atoms. The van der Waals surface area contributed by atoms with Crippen molar-refractivity contribution >= 4 is 17.2 Å². The Morgan fingerprint density at radius 2 is 2.00 bits per heavy atom. The van der Waals surface area contributed by atoms with E-state index in [4.69, 9.17) is 0 Å². The largest absolute Gasteiger partial charge is 0.350 e. The number of nitrogens with one attached hydrogen (secondary N) is 1. The van der Waals surface area contributed by atoms with Crippen LogP contribution in [0, 0.1) is 17.8 Å². The van der Waals surface area contributed by atoms with Crippen LogP contribution in [0.25, 0.3) is 0 Å². The molecule has 0 aliphatic rings. The first-order valence-electron chi connectivity index (χ1n) is 5.68. The summed E-state index contributed by atoms with van der Waals surface area (Å²) in [6.07, 6.45) is 0. The van der Waals surface area contributed by atoms with Gasteiger partial charge in [-0.1, -0.05) is 27.7 Å². The highest BCUT2D eigenvalue weighted by Gasteiger charge is 2.18. The van der Waals surface area contributed by atoms with E-state index in [-0.39, 0.29) is 5.91 Å². The Hall–Kier alpha value is -0.900. The fourth-order valence-electron chi connectivity index (χ4n) is 1.87. The number of thiazole rings is 1. The van der Waals surface area contributed by atoms with Crippen LogP contribution in [0.4, 0.5) is 0 Å². The summed E-state index contributed by atoms with van der Waals surface area (Å²) in [4.78, 5) is 15.7. The maximum atomic E-state index is 11.7. The topological polar surface area (TPSA) is 42.0 Å². The molecule has 16 heavy (non-hydrogen) atoms. The Morgan fingerprint density at radius 1 is 1.38 bits per heavy atom. The van der Waals surface area contributed by atoms with Crippen LogP contribution in [-0.2, 0) is 0 Å². The van der Waals surface area contributed by atoms with Gasteiger partial charge in [0.1, 0.15) is 5.69 Å². The molecule has 1 aromatic rings. The molecule has 0 aliphatic heterocycles. The predicted molar refractivity (Wildman–Crippen MR) is 67.6 cm³/mol. The van der Waals surface area contributed by atoms with Crippen LogP contribution in [-0.4, -0.2) is 17.4 Å². The minimum absolute atomic E-state index is 0.0625. The zero-order chi connectivity index (χ0) is 12.1. The molecule has 0 fully saturated rings. The van der Waals surface area contributed by atoms with Gasteiger partial charge in [-0.2, -0.15) is 0 Å². The van der Waals surface area contributed by atoms with Crippen molar-refractivity contribution in [2.45, 2.75) is 27.7 Å². The third-order valence-electron chi connectivity index (χ3n) is 2.88. The van der Waals surface area contributed by atoms with Gasteiger partial charge in [-0.15, -0.1) is 11.3 Å². The molecule has 0 saturated carbocycles. The number of carbonyl (C=O) groups excluding carboxylic acids is 1. The Balaban J connectivity index is 2.47. The summed E-state index contributed by atoms with van der Waals surface area (Å²) in [5, 5.41) is 4.73. The lowest BCUT2D eigenvalue weighted by molar-refractivity contribution is 0.0933. The van der Waals surface area contributed by atoms with E-state index in [1.807, 2.05) is 0 Å². The molecule has 4 heteroatoms. The average molecular weight is 240 g/mol. The SMILES string of the molecule is CC(C)C(CNC(=O)c1cscn1)C(C)C. The molecule has 3 nitrogen and oxygen atoms in total. The van der Waals surface area contributed by atoms with Crippen LogP contribution in [0.5, 0.6) is 0 Å². The summed E-state index contributed by atoms with van der Waals surface area (Å²) >= 11 is 1.44. The van der Waals surface area contributed by atoms with Crippen molar-refractivity contribution in [3.8, 4) is 0 Å². The zero-order valence-corrected chi connectivity index (χ0v) is 11.2. The van der Waals surface area contributed by atoms with E-state index in [2.05, 4.69) is 38.0 Å². The second-order valence-electron chi connectivity index (χ2n) is 4.74. The molecule has 1 aromatic heterocycles. The molecule has 0 unspecified atom stereocenters. The van der Waals surface area contributed by atoms with E-state index in [0.717, 1.165) is 6.54 Å². The van der Waals surface area contributed by atoms with Crippen molar-refractivity contribution in [1.29, 1.82) is 0 Å². The highest BCUT2D eigenvalue weighted by molar-refractivity contribution is 7.07. The maximum absolute atomic E-state index is 11.7. The number of rotatable bonds is 5. The number of nitrogens with zero attached hydrogens (tertiary/aromatic N) is 1. The molecule has 1 N–H and O–H groups in total. The highest BCUT2D eigenvalue weighted by atomic mass is 32.1. The summed E-state index contributed by atoms with van der Waals surface area (Å²) in [5.41, 5.74) is 2.20. The first-order valence-corrected chi connectivity index (χ1v) is 6.63. The molecular formula is C12H20N2OS. The lowest BCUT2D eigenvalue weighted by atomic mass is 9.85. The summed E-state index contributed by atoms with van der Waals surface area (Å²) < 4.78 is 0. The van der Waals surface area contributed by atoms with Gasteiger partial charge in [-0.3, -0.25) is 4.79 Å². The van der Waals surface area contributed by atoms with E-state index in [9.17, 15) is 4.79 Å². The molecular weight excluding hydrogens is 220 g/mol. The van der Waals surface area contributed by atoms with Crippen LogP contribution < -0.4 is 5.32 Å². The monoisotopic (exact) mass is 240 g/mol. The quantitative estimate of drug-likeness (QED) is 0.860. The van der Waals surface area contributed by atoms with Gasteiger partial charge in [0, 0.05) is 11.9 Å². The molecule has 0 aliphatic carbocycles. The van der Waals surface area contributed by atoms with Crippen molar-refractivity contribution in [2.24, 2.45) is 17.8 Å². The molecule has 0 bridgehead atoms. The van der Waals surface area contributed by atoms with Gasteiger partial charge < -0.3 is 5.32 Å². The van der Waals surface area contributed by atoms with Gasteiger partial charge in [-0.25, -0.2) is 4.98 Å². The summed E-state index contributed by atoms with van der Waals surface area (Å²) in [5.74, 6) is 1.61. The van der Waals surface area contributed by atoms with E-state index < -0.39 is 0 Å². The minimum Gasteiger partial charge on any atom is -0.350 e. The van der Waals surface area contributed by atoms with Crippen molar-refractivity contribution in [2.75, 3.05) is 6.54 Å². The van der Waals surface area contributed by atoms with Gasteiger partial charge in [0.2, 0.25) is 0 Å². The third-order valence-corrected chi connectivity index (χ3v) is 3.46. The predicted octanol–water partition coefficient (Wildman–Crippen LogP) is 2.80. The lowest BCUT2D eigenvalue weighted by Crippen LogP contribution is -2.34. The lowest BCUT2D eigenvalue weighted by Gasteiger charge is -2.24. The van der Waals surface area contributed by atoms with Gasteiger partial charge in [0.25, 0.3) is 5.91 Å². The molecule has 0 saturated heterocycles. The highest BCUT2D eigenvalue weighted by Crippen LogP contribution is 2.19. The van der Waals surface area contributed by atoms with E-state index in [1.54, 1.807) is 10.9 Å². The van der Waals surface area contributed by atoms with Crippen molar-refractivity contribution < 1.29 is 4.79 Å². The Kier molecular flexibility index (Phi) is 4.93. The Labute approximate surface area is 101 Å².